The van der Waals surface area contributed by atoms with Crippen LogP contribution in [0.4, 0.5) is 0 Å². The largest absolute Gasteiger partial charge is 0.495 e. The fraction of sp³-hybridized carbons (Fsp3) is 0.400. The fourth-order valence-electron chi connectivity index (χ4n) is 1.19. The third kappa shape index (κ3) is 3.24. The molecule has 1 rings (SSSR count). The van der Waals surface area contributed by atoms with Crippen molar-refractivity contribution in [3.63, 3.8) is 0 Å². The standard InChI is InChI=1S/C10H14Cl2N2O/c1-13-6-14-5-7-3-4-8(15-2)10(12)9(7)11/h3-4,13-14H,5-6H2,1-2H3. The number of nitrogens with one attached hydrogen (secondary N) is 2. The van der Waals surface area contributed by atoms with Crippen LogP contribution < -0.4 is 15.4 Å². The molecule has 0 saturated heterocycles. The van der Waals surface area contributed by atoms with E-state index in [1.165, 1.54) is 0 Å². The predicted octanol–water partition coefficient (Wildman–Crippen LogP) is 2.27. The molecule has 15 heavy (non-hydrogen) atoms. The molecule has 0 bridgehead atoms. The zero-order valence-electron chi connectivity index (χ0n) is 8.73. The first-order valence-electron chi connectivity index (χ1n) is 4.57. The van der Waals surface area contributed by atoms with E-state index in [0.29, 0.717) is 22.3 Å². The third-order valence-electron chi connectivity index (χ3n) is 1.96. The molecule has 0 saturated carbocycles. The number of ether oxygens (including phenoxy) is 1. The average Bonchev–Trinajstić information content (AvgIpc) is 2.25. The van der Waals surface area contributed by atoms with E-state index >= 15 is 0 Å². The molecule has 0 spiro atoms. The van der Waals surface area contributed by atoms with Crippen LogP contribution in [0, 0.1) is 0 Å². The van der Waals surface area contributed by atoms with Crippen molar-refractivity contribution in [1.82, 2.24) is 10.6 Å². The van der Waals surface area contributed by atoms with Crippen molar-refractivity contribution in [3.05, 3.63) is 27.7 Å². The molecule has 84 valence electrons. The molecule has 0 heterocycles. The van der Waals surface area contributed by atoms with Gasteiger partial charge < -0.3 is 15.4 Å². The van der Waals surface area contributed by atoms with Crippen LogP contribution in [0.25, 0.3) is 0 Å². The molecule has 0 aromatic heterocycles. The number of rotatable bonds is 5. The first-order chi connectivity index (χ1) is 7.20. The van der Waals surface area contributed by atoms with Crippen molar-refractivity contribution in [3.8, 4) is 5.75 Å². The van der Waals surface area contributed by atoms with Gasteiger partial charge in [-0.25, -0.2) is 0 Å². The smallest absolute Gasteiger partial charge is 0.138 e. The summed E-state index contributed by atoms with van der Waals surface area (Å²) in [7, 11) is 3.44. The topological polar surface area (TPSA) is 33.3 Å². The van der Waals surface area contributed by atoms with Gasteiger partial charge in [-0.15, -0.1) is 0 Å². The van der Waals surface area contributed by atoms with E-state index < -0.39 is 0 Å². The molecule has 0 aliphatic rings. The van der Waals surface area contributed by atoms with Gasteiger partial charge in [-0.2, -0.15) is 0 Å². The van der Waals surface area contributed by atoms with Gasteiger partial charge in [-0.3, -0.25) is 0 Å². The molecule has 0 amide bonds. The van der Waals surface area contributed by atoms with Crippen LogP contribution in [0.5, 0.6) is 5.75 Å². The van der Waals surface area contributed by atoms with Crippen LogP contribution >= 0.6 is 23.2 Å². The maximum absolute atomic E-state index is 6.08. The molecule has 1 aromatic rings. The molecular formula is C10H14Cl2N2O. The normalized spacial score (nSPS) is 10.4. The number of hydrogen-bond donors (Lipinski definition) is 2. The van der Waals surface area contributed by atoms with Crippen molar-refractivity contribution in [2.45, 2.75) is 6.54 Å². The zero-order valence-corrected chi connectivity index (χ0v) is 10.2. The SMILES string of the molecule is CNCNCc1ccc(OC)c(Cl)c1Cl. The van der Waals surface area contributed by atoms with E-state index in [1.807, 2.05) is 19.2 Å². The van der Waals surface area contributed by atoms with Gasteiger partial charge in [0.05, 0.1) is 12.1 Å². The summed E-state index contributed by atoms with van der Waals surface area (Å²) in [5.74, 6) is 0.596. The maximum Gasteiger partial charge on any atom is 0.138 e. The van der Waals surface area contributed by atoms with Crippen LogP contribution in [-0.2, 0) is 6.54 Å². The monoisotopic (exact) mass is 248 g/mol. The van der Waals surface area contributed by atoms with Gasteiger partial charge in [0.25, 0.3) is 0 Å². The molecule has 3 nitrogen and oxygen atoms in total. The summed E-state index contributed by atoms with van der Waals surface area (Å²) in [4.78, 5) is 0. The Morgan fingerprint density at radius 1 is 1.27 bits per heavy atom. The minimum absolute atomic E-state index is 0.461. The second kappa shape index (κ2) is 6.18. The van der Waals surface area contributed by atoms with Crippen molar-refractivity contribution in [2.75, 3.05) is 20.8 Å². The summed E-state index contributed by atoms with van der Waals surface area (Å²) >= 11 is 12.1. The Bertz CT molecular complexity index is 331. The number of halogens is 2. The van der Waals surface area contributed by atoms with Gasteiger partial charge in [0.2, 0.25) is 0 Å². The van der Waals surface area contributed by atoms with Crippen LogP contribution in [0.1, 0.15) is 5.56 Å². The molecule has 0 aliphatic heterocycles. The Balaban J connectivity index is 2.77. The number of hydrogen-bond acceptors (Lipinski definition) is 3. The second-order valence-corrected chi connectivity index (χ2v) is 3.77. The Kier molecular flexibility index (Phi) is 5.19. The van der Waals surface area contributed by atoms with Crippen LogP contribution in [0.15, 0.2) is 12.1 Å². The molecule has 0 atom stereocenters. The minimum Gasteiger partial charge on any atom is -0.495 e. The molecular weight excluding hydrogens is 235 g/mol. The summed E-state index contributed by atoms with van der Waals surface area (Å²) in [5.41, 5.74) is 0.956. The Labute approximate surface area is 99.7 Å². The molecule has 0 fully saturated rings. The first kappa shape index (κ1) is 12.6. The molecule has 0 aliphatic carbocycles. The van der Waals surface area contributed by atoms with Gasteiger partial charge in [-0.05, 0) is 18.7 Å². The van der Waals surface area contributed by atoms with E-state index in [4.69, 9.17) is 27.9 Å². The van der Waals surface area contributed by atoms with E-state index in [-0.39, 0.29) is 0 Å². The highest BCUT2D eigenvalue weighted by molar-refractivity contribution is 6.43. The highest BCUT2D eigenvalue weighted by Gasteiger charge is 2.09. The van der Waals surface area contributed by atoms with E-state index in [0.717, 1.165) is 12.2 Å². The summed E-state index contributed by atoms with van der Waals surface area (Å²) in [5, 5.41) is 7.15. The summed E-state index contributed by atoms with van der Waals surface area (Å²) in [6.45, 7) is 1.39. The lowest BCUT2D eigenvalue weighted by Gasteiger charge is -2.10. The Morgan fingerprint density at radius 2 is 2.00 bits per heavy atom. The van der Waals surface area contributed by atoms with E-state index in [9.17, 15) is 0 Å². The van der Waals surface area contributed by atoms with E-state index in [1.54, 1.807) is 7.11 Å². The van der Waals surface area contributed by atoms with Crippen molar-refractivity contribution >= 4 is 23.2 Å². The van der Waals surface area contributed by atoms with Gasteiger partial charge in [-0.1, -0.05) is 29.3 Å². The van der Waals surface area contributed by atoms with Gasteiger partial charge in [0.15, 0.2) is 0 Å². The van der Waals surface area contributed by atoms with Crippen molar-refractivity contribution in [2.24, 2.45) is 0 Å². The van der Waals surface area contributed by atoms with Gasteiger partial charge in [0, 0.05) is 13.2 Å². The average molecular weight is 249 g/mol. The highest BCUT2D eigenvalue weighted by Crippen LogP contribution is 2.34. The lowest BCUT2D eigenvalue weighted by Crippen LogP contribution is -2.25. The highest BCUT2D eigenvalue weighted by atomic mass is 35.5. The zero-order chi connectivity index (χ0) is 11.3. The minimum atomic E-state index is 0.461. The summed E-state index contributed by atoms with van der Waals surface area (Å²) in [6, 6.07) is 3.71. The Morgan fingerprint density at radius 3 is 2.60 bits per heavy atom. The van der Waals surface area contributed by atoms with Crippen LogP contribution in [-0.4, -0.2) is 20.8 Å². The molecule has 2 N–H and O–H groups in total. The quantitative estimate of drug-likeness (QED) is 0.620. The Hall–Kier alpha value is -0.480. The second-order valence-electron chi connectivity index (χ2n) is 3.01. The van der Waals surface area contributed by atoms with E-state index in [2.05, 4.69) is 10.6 Å². The number of benzene rings is 1. The lowest BCUT2D eigenvalue weighted by atomic mass is 10.2. The maximum atomic E-state index is 6.08. The molecule has 5 heteroatoms. The van der Waals surface area contributed by atoms with Crippen LogP contribution in [0.3, 0.4) is 0 Å². The summed E-state index contributed by atoms with van der Waals surface area (Å²) in [6.07, 6.45) is 0. The number of methoxy groups -OCH3 is 1. The van der Waals surface area contributed by atoms with Gasteiger partial charge in [0.1, 0.15) is 10.8 Å². The van der Waals surface area contributed by atoms with Crippen LogP contribution in [0.2, 0.25) is 10.0 Å². The fourth-order valence-corrected chi connectivity index (χ4v) is 1.67. The summed E-state index contributed by atoms with van der Waals surface area (Å²) < 4.78 is 5.06. The third-order valence-corrected chi connectivity index (χ3v) is 2.87. The van der Waals surface area contributed by atoms with Gasteiger partial charge >= 0.3 is 0 Å². The lowest BCUT2D eigenvalue weighted by molar-refractivity contribution is 0.415. The predicted molar refractivity (Wildman–Crippen MR) is 63.8 cm³/mol. The molecule has 1 aromatic carbocycles. The molecule has 0 radical (unpaired) electrons. The molecule has 0 unspecified atom stereocenters. The van der Waals surface area contributed by atoms with Crippen molar-refractivity contribution in [1.29, 1.82) is 0 Å². The van der Waals surface area contributed by atoms with Crippen molar-refractivity contribution < 1.29 is 4.74 Å². The first-order valence-corrected chi connectivity index (χ1v) is 5.32.